The van der Waals surface area contributed by atoms with Crippen LogP contribution in [-0.4, -0.2) is 44.1 Å². The average molecular weight is 468 g/mol. The largest absolute Gasteiger partial charge is 0.505 e. The van der Waals surface area contributed by atoms with Crippen LogP contribution >= 0.6 is 15.9 Å². The fourth-order valence-electron chi connectivity index (χ4n) is 2.75. The molecule has 2 aromatic rings. The van der Waals surface area contributed by atoms with E-state index >= 15 is 0 Å². The summed E-state index contributed by atoms with van der Waals surface area (Å²) in [6.45, 7) is 5.61. The molecule has 0 aromatic heterocycles. The predicted molar refractivity (Wildman–Crippen MR) is 110 cm³/mol. The number of phenols is 1. The molecule has 1 heterocycles. The van der Waals surface area contributed by atoms with Gasteiger partial charge in [-0.15, -0.1) is 5.11 Å². The van der Waals surface area contributed by atoms with Crippen LogP contribution in [0.2, 0.25) is 0 Å². The molecular formula is C19H22BrN3O4S. The Morgan fingerprint density at radius 1 is 1.11 bits per heavy atom. The summed E-state index contributed by atoms with van der Waals surface area (Å²) in [6.07, 6.45) is 0. The molecule has 0 atom stereocenters. The van der Waals surface area contributed by atoms with Crippen LogP contribution in [0.15, 0.2) is 56.0 Å². The van der Waals surface area contributed by atoms with E-state index in [1.807, 2.05) is 19.9 Å². The summed E-state index contributed by atoms with van der Waals surface area (Å²) in [6, 6.07) is 9.85. The lowest BCUT2D eigenvalue weighted by Gasteiger charge is -2.26. The lowest BCUT2D eigenvalue weighted by atomic mass is 10.0. The van der Waals surface area contributed by atoms with Gasteiger partial charge in [-0.3, -0.25) is 0 Å². The molecule has 2 aromatic carbocycles. The minimum Gasteiger partial charge on any atom is -0.505 e. The number of benzene rings is 2. The van der Waals surface area contributed by atoms with Gasteiger partial charge in [-0.25, -0.2) is 8.42 Å². The van der Waals surface area contributed by atoms with Gasteiger partial charge in [0.15, 0.2) is 5.75 Å². The second-order valence-corrected chi connectivity index (χ2v) is 9.53. The number of rotatable bonds is 5. The number of azo groups is 1. The molecule has 0 spiro atoms. The zero-order chi connectivity index (χ0) is 20.3. The van der Waals surface area contributed by atoms with Gasteiger partial charge in [0.05, 0.1) is 28.3 Å². The van der Waals surface area contributed by atoms with Crippen molar-refractivity contribution in [3.8, 4) is 5.75 Å². The standard InChI is InChI=1S/C19H22BrN3O4S/c1-13(2)14-11-17(20)19(24)18(12-14)22-21-15-3-5-16(6-4-15)28(25,26)23-7-9-27-10-8-23/h3-6,11-13,24H,7-10H2,1-2H3. The summed E-state index contributed by atoms with van der Waals surface area (Å²) in [7, 11) is -3.54. The molecular weight excluding hydrogens is 446 g/mol. The Hall–Kier alpha value is -1.81. The maximum atomic E-state index is 12.6. The van der Waals surface area contributed by atoms with Gasteiger partial charge in [-0.1, -0.05) is 13.8 Å². The Morgan fingerprint density at radius 2 is 1.75 bits per heavy atom. The highest BCUT2D eigenvalue weighted by atomic mass is 79.9. The first kappa shape index (κ1) is 20.9. The highest BCUT2D eigenvalue weighted by molar-refractivity contribution is 9.10. The van der Waals surface area contributed by atoms with E-state index in [9.17, 15) is 13.5 Å². The zero-order valence-corrected chi connectivity index (χ0v) is 18.1. The van der Waals surface area contributed by atoms with E-state index in [1.54, 1.807) is 18.2 Å². The fraction of sp³-hybridized carbons (Fsp3) is 0.368. The maximum Gasteiger partial charge on any atom is 0.243 e. The topological polar surface area (TPSA) is 91.6 Å². The number of ether oxygens (including phenoxy) is 1. The van der Waals surface area contributed by atoms with Gasteiger partial charge >= 0.3 is 0 Å². The molecule has 150 valence electrons. The minimum absolute atomic E-state index is 0.0136. The molecule has 0 saturated carbocycles. The summed E-state index contributed by atoms with van der Waals surface area (Å²) in [4.78, 5) is 0.209. The van der Waals surface area contributed by atoms with Gasteiger partial charge in [0.25, 0.3) is 0 Å². The average Bonchev–Trinajstić information content (AvgIpc) is 2.69. The van der Waals surface area contributed by atoms with Crippen molar-refractivity contribution in [1.29, 1.82) is 0 Å². The number of sulfonamides is 1. The van der Waals surface area contributed by atoms with Gasteiger partial charge in [0.1, 0.15) is 5.69 Å². The Bertz CT molecular complexity index is 969. The van der Waals surface area contributed by atoms with Crippen LogP contribution in [0.5, 0.6) is 5.75 Å². The van der Waals surface area contributed by atoms with Crippen LogP contribution in [0, 0.1) is 0 Å². The lowest BCUT2D eigenvalue weighted by molar-refractivity contribution is 0.0730. The third-order valence-corrected chi connectivity index (χ3v) is 6.97. The first-order valence-corrected chi connectivity index (χ1v) is 11.1. The monoisotopic (exact) mass is 467 g/mol. The molecule has 1 aliphatic heterocycles. The van der Waals surface area contributed by atoms with Gasteiger partial charge in [0, 0.05) is 13.1 Å². The van der Waals surface area contributed by atoms with E-state index in [1.165, 1.54) is 16.4 Å². The molecule has 0 radical (unpaired) electrons. The van der Waals surface area contributed by atoms with E-state index in [0.717, 1.165) is 5.56 Å². The van der Waals surface area contributed by atoms with Gasteiger partial charge in [-0.05, 0) is 63.8 Å². The minimum atomic E-state index is -3.54. The number of phenolic OH excluding ortho intramolecular Hbond substituents is 1. The molecule has 1 fully saturated rings. The van der Waals surface area contributed by atoms with Crippen molar-refractivity contribution in [1.82, 2.24) is 4.31 Å². The molecule has 0 amide bonds. The SMILES string of the molecule is CC(C)c1cc(Br)c(O)c(N=Nc2ccc(S(=O)(=O)N3CCOCC3)cc2)c1. The Labute approximate surface area is 173 Å². The molecule has 1 N–H and O–H groups in total. The van der Waals surface area contributed by atoms with Crippen LogP contribution in [0.25, 0.3) is 0 Å². The van der Waals surface area contributed by atoms with Gasteiger partial charge in [0.2, 0.25) is 10.0 Å². The molecule has 9 heteroatoms. The van der Waals surface area contributed by atoms with E-state index < -0.39 is 10.0 Å². The first-order valence-electron chi connectivity index (χ1n) is 8.91. The fourth-order valence-corrected chi connectivity index (χ4v) is 4.62. The zero-order valence-electron chi connectivity index (χ0n) is 15.7. The van der Waals surface area contributed by atoms with Gasteiger partial charge in [-0.2, -0.15) is 9.42 Å². The second kappa shape index (κ2) is 8.69. The Kier molecular flexibility index (Phi) is 6.49. The van der Waals surface area contributed by atoms with Crippen molar-refractivity contribution >= 4 is 37.3 Å². The second-order valence-electron chi connectivity index (χ2n) is 6.74. The van der Waals surface area contributed by atoms with Crippen molar-refractivity contribution in [2.24, 2.45) is 10.2 Å². The Morgan fingerprint density at radius 3 is 2.36 bits per heavy atom. The molecule has 28 heavy (non-hydrogen) atoms. The first-order chi connectivity index (χ1) is 13.3. The van der Waals surface area contributed by atoms with E-state index in [0.29, 0.717) is 42.2 Å². The third-order valence-electron chi connectivity index (χ3n) is 4.45. The number of halogens is 1. The lowest BCUT2D eigenvalue weighted by Crippen LogP contribution is -2.40. The van der Waals surface area contributed by atoms with Gasteiger partial charge < -0.3 is 9.84 Å². The van der Waals surface area contributed by atoms with Crippen LogP contribution < -0.4 is 0 Å². The van der Waals surface area contributed by atoms with E-state index in [2.05, 4.69) is 26.2 Å². The summed E-state index contributed by atoms with van der Waals surface area (Å²) in [5.74, 6) is 0.287. The van der Waals surface area contributed by atoms with Crippen LogP contribution in [0.1, 0.15) is 25.3 Å². The number of aromatic hydroxyl groups is 1. The Balaban J connectivity index is 1.81. The quantitative estimate of drug-likeness (QED) is 0.644. The summed E-state index contributed by atoms with van der Waals surface area (Å²) >= 11 is 3.33. The van der Waals surface area contributed by atoms with Crippen LogP contribution in [0.4, 0.5) is 11.4 Å². The van der Waals surface area contributed by atoms with Crippen LogP contribution in [-0.2, 0) is 14.8 Å². The van der Waals surface area contributed by atoms with Crippen molar-refractivity contribution in [3.05, 3.63) is 46.4 Å². The highest BCUT2D eigenvalue weighted by Crippen LogP contribution is 2.38. The summed E-state index contributed by atoms with van der Waals surface area (Å²) in [5.41, 5.74) is 1.86. The highest BCUT2D eigenvalue weighted by Gasteiger charge is 2.26. The molecule has 0 unspecified atom stereocenters. The van der Waals surface area contributed by atoms with Crippen molar-refractivity contribution < 1.29 is 18.3 Å². The molecule has 1 aliphatic rings. The van der Waals surface area contributed by atoms with E-state index in [4.69, 9.17) is 4.74 Å². The molecule has 7 nitrogen and oxygen atoms in total. The maximum absolute atomic E-state index is 12.6. The third kappa shape index (κ3) is 4.60. The molecule has 0 bridgehead atoms. The van der Waals surface area contributed by atoms with E-state index in [-0.39, 0.29) is 16.6 Å². The smallest absolute Gasteiger partial charge is 0.243 e. The number of morpholine rings is 1. The molecule has 0 aliphatic carbocycles. The predicted octanol–water partition coefficient (Wildman–Crippen LogP) is 4.71. The number of hydrogen-bond acceptors (Lipinski definition) is 6. The molecule has 1 saturated heterocycles. The summed E-state index contributed by atoms with van der Waals surface area (Å²) < 4.78 is 32.5. The van der Waals surface area contributed by atoms with Crippen molar-refractivity contribution in [3.63, 3.8) is 0 Å². The van der Waals surface area contributed by atoms with Crippen LogP contribution in [0.3, 0.4) is 0 Å². The normalized spacial score (nSPS) is 16.1. The van der Waals surface area contributed by atoms with Crippen molar-refractivity contribution in [2.75, 3.05) is 26.3 Å². The number of nitrogens with zero attached hydrogens (tertiary/aromatic N) is 3. The van der Waals surface area contributed by atoms with Crippen molar-refractivity contribution in [2.45, 2.75) is 24.7 Å². The summed E-state index contributed by atoms with van der Waals surface area (Å²) in [5, 5.41) is 18.4. The molecule has 3 rings (SSSR count). The number of hydrogen-bond donors (Lipinski definition) is 1.